The van der Waals surface area contributed by atoms with Crippen LogP contribution in [0.1, 0.15) is 133 Å². The molecule has 0 aliphatic carbocycles. The molecule has 79 heavy (non-hydrogen) atoms. The molecule has 2 unspecified atom stereocenters. The number of alkyl halides is 3. The van der Waals surface area contributed by atoms with Gasteiger partial charge >= 0.3 is 12.1 Å². The summed E-state index contributed by atoms with van der Waals surface area (Å²) in [4.78, 5) is 20.8. The van der Waals surface area contributed by atoms with Crippen LogP contribution in [0.5, 0.6) is 0 Å². The SMILES string of the molecule is C.C.C.CC(C)=O.CO.Cc1nnn2c1-c1ccc(C3=CCN(C(C)C)CC3)cc1C(Nc1cccc(C#N)c1)CC2.Cc1nnn2c1-c1ccc(C3=CCNCC3)cc1C(Nc1cccc(C#N)c1)CC2.O=C(O)C(F)(F)F. The van der Waals surface area contributed by atoms with Crippen molar-refractivity contribution < 1.29 is 33.0 Å². The first-order valence-electron chi connectivity index (χ1n) is 25.1. The number of hydrogen-bond donors (Lipinski definition) is 5. The second-order valence-corrected chi connectivity index (χ2v) is 18.9. The van der Waals surface area contributed by atoms with Gasteiger partial charge in [-0.2, -0.15) is 23.7 Å². The highest BCUT2D eigenvalue weighted by atomic mass is 19.4. The van der Waals surface area contributed by atoms with Crippen LogP contribution in [0.3, 0.4) is 0 Å². The summed E-state index contributed by atoms with van der Waals surface area (Å²) in [6.45, 7) is 17.3. The zero-order chi connectivity index (χ0) is 55.1. The second-order valence-electron chi connectivity index (χ2n) is 18.9. The lowest BCUT2D eigenvalue weighted by molar-refractivity contribution is -0.192. The number of halogens is 3. The van der Waals surface area contributed by atoms with Crippen molar-refractivity contribution in [2.24, 2.45) is 0 Å². The smallest absolute Gasteiger partial charge is 0.475 e. The molecule has 4 aliphatic rings. The van der Waals surface area contributed by atoms with Crippen LogP contribution in [-0.4, -0.2) is 102 Å². The van der Waals surface area contributed by atoms with E-state index in [2.05, 4.69) is 116 Å². The number of rotatable bonds is 7. The van der Waals surface area contributed by atoms with E-state index in [1.165, 1.54) is 58.4 Å². The number of nitrogens with one attached hydrogen (secondary N) is 3. The molecule has 0 saturated heterocycles. The number of carboxylic acids is 1. The van der Waals surface area contributed by atoms with Crippen LogP contribution in [0.2, 0.25) is 0 Å². The summed E-state index contributed by atoms with van der Waals surface area (Å²) in [5.41, 5.74) is 17.7. The van der Waals surface area contributed by atoms with Gasteiger partial charge in [0.1, 0.15) is 5.78 Å². The van der Waals surface area contributed by atoms with Crippen LogP contribution in [0, 0.1) is 36.5 Å². The van der Waals surface area contributed by atoms with Gasteiger partial charge in [0, 0.05) is 68.4 Å². The third kappa shape index (κ3) is 17.0. The van der Waals surface area contributed by atoms with E-state index in [9.17, 15) is 28.5 Å². The standard InChI is InChI=1S/C27H30N6.C24H24N6.C3H6O.C2HF3O2.CH4O.3CH4/c1-18(2)32-12-9-21(10-13-32)22-7-8-24-25(16-22)26(11-14-33-27(24)19(3)30-31-33)29-23-6-4-5-20(15-23)17-28;1-16-24-21-6-5-19(18-7-10-26-11-8-18)14-22(21)23(9-12-30(24)29-28-16)27-20-4-2-3-17(13-20)15-25;1-3(2)4;3-2(4,5)1(6)7;1-2;;;/h4-9,15-16,18,26,29H,10-14H2,1-3H3;2-7,13-14,23,26-27H,8-12H2,1H3;1-2H3;(H,6,7);2H,1H3;3*1H4. The van der Waals surface area contributed by atoms with Crippen LogP contribution in [0.15, 0.2) is 97.1 Å². The maximum absolute atomic E-state index is 10.6. The van der Waals surface area contributed by atoms with Crippen LogP contribution in [0.25, 0.3) is 33.7 Å². The predicted octanol–water partition coefficient (Wildman–Crippen LogP) is 12.0. The number of anilines is 2. The van der Waals surface area contributed by atoms with Gasteiger partial charge in [-0.15, -0.1) is 10.2 Å². The predicted molar refractivity (Wildman–Crippen MR) is 308 cm³/mol. The maximum Gasteiger partial charge on any atom is 0.490 e. The molecule has 19 heteroatoms. The van der Waals surface area contributed by atoms with E-state index in [4.69, 9.17) is 15.0 Å². The summed E-state index contributed by atoms with van der Waals surface area (Å²) in [7, 11) is 1.00. The van der Waals surface area contributed by atoms with E-state index in [-0.39, 0.29) is 40.1 Å². The molecule has 0 fully saturated rings. The van der Waals surface area contributed by atoms with Gasteiger partial charge in [0.25, 0.3) is 0 Å². The normalized spacial score (nSPS) is 15.8. The molecule has 4 aliphatic heterocycles. The number of ketones is 1. The Morgan fingerprint density at radius 3 is 1.52 bits per heavy atom. The number of aliphatic hydroxyl groups is 1. The van der Waals surface area contributed by atoms with Crippen LogP contribution < -0.4 is 16.0 Å². The van der Waals surface area contributed by atoms with Gasteiger partial charge < -0.3 is 31.0 Å². The van der Waals surface area contributed by atoms with Crippen molar-refractivity contribution in [2.45, 2.75) is 127 Å². The number of nitriles is 2. The van der Waals surface area contributed by atoms with E-state index < -0.39 is 12.1 Å². The largest absolute Gasteiger partial charge is 0.490 e. The molecule has 10 rings (SSSR count). The summed E-state index contributed by atoms with van der Waals surface area (Å²) < 4.78 is 35.8. The fourth-order valence-corrected chi connectivity index (χ4v) is 9.49. The third-order valence-corrected chi connectivity index (χ3v) is 13.1. The number of hydrogen-bond acceptors (Lipinski definition) is 13. The highest BCUT2D eigenvalue weighted by Crippen LogP contribution is 2.41. The average molecular weight is 1090 g/mol. The van der Waals surface area contributed by atoms with Gasteiger partial charge in [-0.1, -0.05) is 81.3 Å². The second kappa shape index (κ2) is 30.3. The van der Waals surface area contributed by atoms with Gasteiger partial charge in [0.15, 0.2) is 0 Å². The van der Waals surface area contributed by atoms with Crippen molar-refractivity contribution in [1.29, 1.82) is 10.5 Å². The van der Waals surface area contributed by atoms with Crippen molar-refractivity contribution in [2.75, 3.05) is 43.9 Å². The molecule has 422 valence electrons. The molecule has 6 heterocycles. The fourth-order valence-electron chi connectivity index (χ4n) is 9.49. The number of aryl methyl sites for hydroxylation is 4. The van der Waals surface area contributed by atoms with Crippen LogP contribution in [0.4, 0.5) is 24.5 Å². The van der Waals surface area contributed by atoms with Crippen molar-refractivity contribution >= 4 is 34.3 Å². The molecule has 2 aromatic heterocycles. The topological polar surface area (TPSA) is 223 Å². The first kappa shape index (κ1) is 65.3. The Balaban J connectivity index is 0.000000331. The Hall–Kier alpha value is -7.97. The fraction of sp³-hybridized carbons (Fsp3) is 0.400. The zero-order valence-electron chi connectivity index (χ0n) is 43.9. The molecule has 6 aromatic rings. The molecular formula is C60H77F3N12O4. The van der Waals surface area contributed by atoms with Crippen LogP contribution in [-0.2, 0) is 22.7 Å². The number of carboxylic acid groups (broad SMARTS) is 1. The number of aliphatic carboxylic acids is 1. The van der Waals surface area contributed by atoms with Crippen molar-refractivity contribution in [1.82, 2.24) is 40.2 Å². The lowest BCUT2D eigenvalue weighted by Crippen LogP contribution is -2.34. The van der Waals surface area contributed by atoms with Gasteiger partial charge in [0.2, 0.25) is 0 Å². The van der Waals surface area contributed by atoms with Gasteiger partial charge in [-0.05, 0) is 156 Å². The van der Waals surface area contributed by atoms with Gasteiger partial charge in [0.05, 0.1) is 58.1 Å². The number of nitrogens with zero attached hydrogens (tertiary/aromatic N) is 9. The first-order valence-corrected chi connectivity index (χ1v) is 25.1. The minimum absolute atomic E-state index is 0. The molecule has 5 N–H and O–H groups in total. The summed E-state index contributed by atoms with van der Waals surface area (Å²) >= 11 is 0. The number of carbonyl (C=O) groups excluding carboxylic acids is 1. The Bertz CT molecular complexity index is 3140. The number of benzene rings is 4. The van der Waals surface area contributed by atoms with Gasteiger partial charge in [-0.25, -0.2) is 14.2 Å². The molecule has 0 radical (unpaired) electrons. The Kier molecular flexibility index (Phi) is 25.0. The number of Topliss-reactive ketones (excluding diaryl/α,β-unsaturated/α-hetero) is 1. The highest BCUT2D eigenvalue weighted by molar-refractivity contribution is 5.77. The highest BCUT2D eigenvalue weighted by Gasteiger charge is 2.38. The van der Waals surface area contributed by atoms with Crippen molar-refractivity contribution in [3.05, 3.63) is 142 Å². The third-order valence-electron chi connectivity index (χ3n) is 13.1. The molecule has 2 atom stereocenters. The Labute approximate surface area is 463 Å². The molecule has 0 spiro atoms. The molecule has 16 nitrogen and oxygen atoms in total. The lowest BCUT2D eigenvalue weighted by Gasteiger charge is -2.30. The minimum atomic E-state index is -5.08. The Morgan fingerprint density at radius 1 is 0.709 bits per heavy atom. The lowest BCUT2D eigenvalue weighted by atomic mass is 9.90. The monoisotopic (exact) mass is 1090 g/mol. The average Bonchev–Trinajstić information content (AvgIpc) is 3.98. The molecule has 4 aromatic carbocycles. The number of aliphatic hydroxyl groups excluding tert-OH is 1. The number of aromatic nitrogens is 6. The maximum atomic E-state index is 10.6. The summed E-state index contributed by atoms with van der Waals surface area (Å²) in [6, 6.07) is 34.3. The molecule has 0 bridgehead atoms. The van der Waals surface area contributed by atoms with Crippen molar-refractivity contribution in [3.63, 3.8) is 0 Å². The quantitative estimate of drug-likeness (QED) is 0.100. The molecule has 0 amide bonds. The van der Waals surface area contributed by atoms with E-state index >= 15 is 0 Å². The number of carbonyl (C=O) groups is 2. The molecule has 0 saturated carbocycles. The van der Waals surface area contributed by atoms with E-state index in [0.717, 1.165) is 106 Å². The summed E-state index contributed by atoms with van der Waals surface area (Å²) in [6.07, 6.45) is 3.49. The number of fused-ring (bicyclic) bond motifs is 6. The summed E-state index contributed by atoms with van der Waals surface area (Å²) in [5, 5.41) is 60.9. The van der Waals surface area contributed by atoms with E-state index in [1.807, 2.05) is 71.7 Å². The van der Waals surface area contributed by atoms with Crippen LogP contribution >= 0.6 is 0 Å². The first-order chi connectivity index (χ1) is 36.4. The summed E-state index contributed by atoms with van der Waals surface area (Å²) in [5.74, 6) is -2.59. The Morgan fingerprint density at radius 2 is 1.15 bits per heavy atom. The minimum Gasteiger partial charge on any atom is -0.475 e. The van der Waals surface area contributed by atoms with E-state index in [1.54, 1.807) is 0 Å². The molecular weight excluding hydrogens is 1010 g/mol. The van der Waals surface area contributed by atoms with E-state index in [0.29, 0.717) is 17.2 Å². The zero-order valence-corrected chi connectivity index (χ0v) is 43.9. The van der Waals surface area contributed by atoms with Crippen molar-refractivity contribution in [3.8, 4) is 34.7 Å². The van der Waals surface area contributed by atoms with Gasteiger partial charge in [-0.3, -0.25) is 4.90 Å².